The standard InChI is InChI=1S/2C27H23Cl2OSi.C2H6Si.2ClH.Zr/c2*1-16-9-10-17-11-20(26-21-8-6-5-7-18(21)15-30-26)12-22(17)25(16)19-13-23(28)27(24(29)14-19)31(2,3)4;1-3-2;;;/h2*5-15H,1-4H3;1-2H3;2*1H;/q2*-1;;;;+2/p-2. The Bertz CT molecular complexity index is 3280. The van der Waals surface area contributed by atoms with Crippen LogP contribution in [0.5, 0.6) is 0 Å². The molecule has 0 aliphatic heterocycles. The van der Waals surface area contributed by atoms with E-state index in [1.54, 1.807) is 0 Å². The van der Waals surface area contributed by atoms with Crippen molar-refractivity contribution < 1.29 is 26.8 Å². The third-order valence-electron chi connectivity index (χ3n) is 12.3. The van der Waals surface area contributed by atoms with Crippen molar-refractivity contribution in [3.05, 3.63) is 165 Å². The van der Waals surface area contributed by atoms with Gasteiger partial charge < -0.3 is 8.83 Å². The van der Waals surface area contributed by atoms with Gasteiger partial charge in [-0.1, -0.05) is 169 Å². The monoisotopic (exact) mass is 1140 g/mol. The van der Waals surface area contributed by atoms with E-state index in [1.165, 1.54) is 43.8 Å². The van der Waals surface area contributed by atoms with Gasteiger partial charge in [-0.3, -0.25) is 0 Å². The van der Waals surface area contributed by atoms with Crippen LogP contribution >= 0.6 is 63.4 Å². The second-order valence-electron chi connectivity index (χ2n) is 19.7. The number of rotatable bonds is 6. The van der Waals surface area contributed by atoms with Crippen molar-refractivity contribution in [1.82, 2.24) is 0 Å². The zero-order chi connectivity index (χ0) is 49.0. The Kier molecular flexibility index (Phi) is 15.5. The van der Waals surface area contributed by atoms with Gasteiger partial charge in [-0.15, -0.1) is 57.9 Å². The molecule has 0 aliphatic rings. The van der Waals surface area contributed by atoms with E-state index in [1.807, 2.05) is 36.8 Å². The molecule has 0 fully saturated rings. The van der Waals surface area contributed by atoms with Crippen molar-refractivity contribution in [2.75, 3.05) is 0 Å². The van der Waals surface area contributed by atoms with Crippen molar-refractivity contribution in [2.24, 2.45) is 0 Å². The van der Waals surface area contributed by atoms with E-state index in [4.69, 9.17) is 72.3 Å². The first-order chi connectivity index (χ1) is 32.1. The van der Waals surface area contributed by atoms with Crippen LogP contribution in [0.1, 0.15) is 11.1 Å². The summed E-state index contributed by atoms with van der Waals surface area (Å²) in [5.41, 5.74) is 8.79. The third-order valence-corrected chi connectivity index (χ3v) is 37.9. The van der Waals surface area contributed by atoms with Crippen LogP contribution in [0.15, 0.2) is 143 Å². The molecule has 0 saturated heterocycles. The molecule has 12 heteroatoms. The minimum absolute atomic E-state index is 0.224. The maximum Gasteiger partial charge on any atom is 0.0875 e. The van der Waals surface area contributed by atoms with Crippen molar-refractivity contribution in [3.8, 4) is 44.9 Å². The number of hydrogen-bond acceptors (Lipinski definition) is 2. The molecule has 0 atom stereocenters. The molecule has 10 rings (SSSR count). The molecule has 2 heterocycles. The van der Waals surface area contributed by atoms with E-state index in [0.29, 0.717) is 0 Å². The van der Waals surface area contributed by atoms with E-state index in [2.05, 4.69) is 163 Å². The number of aryl methyl sites for hydroxylation is 2. The van der Waals surface area contributed by atoms with Gasteiger partial charge in [0.2, 0.25) is 0 Å². The molecule has 2 aromatic heterocycles. The Balaban J connectivity index is 0.000000164. The van der Waals surface area contributed by atoms with E-state index >= 15 is 0 Å². The third kappa shape index (κ3) is 10.6. The van der Waals surface area contributed by atoms with Gasteiger partial charge in [0.1, 0.15) is 0 Å². The normalized spacial score (nSPS) is 11.8. The second-order valence-corrected chi connectivity index (χ2v) is 54.3. The Labute approximate surface area is 437 Å². The summed E-state index contributed by atoms with van der Waals surface area (Å²) in [6.45, 7) is 22.2. The van der Waals surface area contributed by atoms with Crippen LogP contribution in [0, 0.1) is 13.8 Å². The van der Waals surface area contributed by atoms with Gasteiger partial charge in [-0.2, -0.15) is 0 Å². The summed E-state index contributed by atoms with van der Waals surface area (Å²) in [5, 5.41) is 14.5. The Morgan fingerprint density at radius 3 is 1.15 bits per heavy atom. The molecular formula is C56H52Cl6O2Si3Zr-2. The molecule has 0 amide bonds. The van der Waals surface area contributed by atoms with Crippen LogP contribution in [0.25, 0.3) is 88.0 Å². The van der Waals surface area contributed by atoms with Crippen molar-refractivity contribution in [2.45, 2.75) is 66.2 Å². The largest absolute Gasteiger partial charge is 0.498 e. The number of hydrogen-bond donors (Lipinski definition) is 0. The fourth-order valence-electron chi connectivity index (χ4n) is 9.11. The maximum absolute atomic E-state index is 6.76. The van der Waals surface area contributed by atoms with Crippen molar-refractivity contribution >= 4 is 138 Å². The van der Waals surface area contributed by atoms with Crippen LogP contribution in [0.4, 0.5) is 0 Å². The zero-order valence-corrected chi connectivity index (χ0v) is 49.8. The van der Waals surface area contributed by atoms with Crippen molar-refractivity contribution in [1.29, 1.82) is 0 Å². The van der Waals surface area contributed by atoms with Crippen LogP contribution in [0.2, 0.25) is 72.5 Å². The van der Waals surface area contributed by atoms with Gasteiger partial charge in [-0.05, 0) is 81.5 Å². The summed E-state index contributed by atoms with van der Waals surface area (Å²) >= 11 is 25.4. The Hall–Kier alpha value is -3.11. The predicted molar refractivity (Wildman–Crippen MR) is 305 cm³/mol. The van der Waals surface area contributed by atoms with Gasteiger partial charge in [0.25, 0.3) is 0 Å². The van der Waals surface area contributed by atoms with Crippen LogP contribution in [-0.4, -0.2) is 21.6 Å². The van der Waals surface area contributed by atoms with E-state index in [9.17, 15) is 0 Å². The fourth-order valence-corrected chi connectivity index (χ4v) is 16.6. The van der Waals surface area contributed by atoms with E-state index in [0.717, 1.165) is 85.8 Å². The Morgan fingerprint density at radius 2 is 0.824 bits per heavy atom. The first-order valence-corrected chi connectivity index (χ1v) is 43.5. The molecule has 68 heavy (non-hydrogen) atoms. The molecule has 0 saturated carbocycles. The number of halogens is 6. The number of furan rings is 2. The molecule has 0 radical (unpaired) electrons. The van der Waals surface area contributed by atoms with E-state index < -0.39 is 34.1 Å². The topological polar surface area (TPSA) is 26.3 Å². The minimum atomic E-state index is -1.65. The summed E-state index contributed by atoms with van der Waals surface area (Å²) in [7, 11) is 7.94. The number of fused-ring (bicyclic) bond motifs is 4. The molecule has 8 aromatic carbocycles. The average molecular weight is 1150 g/mol. The van der Waals surface area contributed by atoms with Gasteiger partial charge in [0.15, 0.2) is 0 Å². The van der Waals surface area contributed by atoms with Gasteiger partial charge in [0, 0.05) is 30.9 Å². The van der Waals surface area contributed by atoms with Gasteiger partial charge >= 0.3 is 53.5 Å². The fraction of sp³-hybridized carbons (Fsp3) is 0.179. The summed E-state index contributed by atoms with van der Waals surface area (Å²) in [5.74, 6) is 1.81. The summed E-state index contributed by atoms with van der Waals surface area (Å²) in [6.07, 6.45) is 3.65. The first-order valence-electron chi connectivity index (χ1n) is 22.4. The van der Waals surface area contributed by atoms with Crippen LogP contribution < -0.4 is 10.4 Å². The summed E-state index contributed by atoms with van der Waals surface area (Å²) in [6, 6.07) is 42.3. The van der Waals surface area contributed by atoms with Gasteiger partial charge in [-0.25, -0.2) is 0 Å². The SMILES string of the molecule is C[Si](C)=[Zr]([Cl])[Cl].Cc1ccc2[cH-]c(-c3occ4ccccc34)cc2c1-c1cc(Cl)c([Si](C)(C)C)c(Cl)c1.Cc1ccc2[cH-]c(-c3occ4ccccc34)cc2c1-c1cc(Cl)c([Si](C)(C)C)c(Cl)c1. The quantitative estimate of drug-likeness (QED) is 0.123. The molecule has 2 nitrogen and oxygen atoms in total. The van der Waals surface area contributed by atoms with E-state index in [-0.39, 0.29) is 5.43 Å². The smallest absolute Gasteiger partial charge is 0.0875 e. The minimum Gasteiger partial charge on any atom is -0.498 e. The Morgan fingerprint density at radius 1 is 0.485 bits per heavy atom. The zero-order valence-electron chi connectivity index (χ0n) is 39.8. The maximum atomic E-state index is 6.76. The summed E-state index contributed by atoms with van der Waals surface area (Å²) < 4.78 is 11.9. The predicted octanol–water partition coefficient (Wildman–Crippen LogP) is 19.8. The van der Waals surface area contributed by atoms with Crippen LogP contribution in [0.3, 0.4) is 0 Å². The average Bonchev–Trinajstić information content (AvgIpc) is 4.07. The molecule has 10 aromatic rings. The van der Waals surface area contributed by atoms with Crippen molar-refractivity contribution in [3.63, 3.8) is 0 Å². The summed E-state index contributed by atoms with van der Waals surface area (Å²) in [4.78, 5) is 0. The first kappa shape index (κ1) is 51.3. The molecule has 348 valence electrons. The molecule has 0 unspecified atom stereocenters. The molecular weight excluding hydrogens is 1090 g/mol. The molecule has 0 spiro atoms. The number of benzene rings is 6. The second kappa shape index (κ2) is 20.6. The molecule has 0 N–H and O–H groups in total. The molecule has 0 bridgehead atoms. The van der Waals surface area contributed by atoms with Crippen LogP contribution in [-0.2, 0) is 18.0 Å². The van der Waals surface area contributed by atoms with Gasteiger partial charge in [0.05, 0.1) is 40.2 Å². The molecule has 0 aliphatic carbocycles.